The van der Waals surface area contributed by atoms with Crippen LogP contribution in [0.1, 0.15) is 25.7 Å². The topological polar surface area (TPSA) is 60.9 Å². The van der Waals surface area contributed by atoms with E-state index in [1.807, 2.05) is 30.3 Å². The lowest BCUT2D eigenvalue weighted by atomic mass is 9.85. The molecule has 0 bridgehead atoms. The van der Waals surface area contributed by atoms with Gasteiger partial charge >= 0.3 is 12.0 Å². The van der Waals surface area contributed by atoms with Crippen LogP contribution >= 0.6 is 0 Å². The monoisotopic (exact) mass is 290 g/mol. The van der Waals surface area contributed by atoms with Gasteiger partial charge in [0.1, 0.15) is 0 Å². The second-order valence-corrected chi connectivity index (χ2v) is 5.59. The molecule has 1 N–H and O–H groups in total. The Balaban J connectivity index is 2.05. The van der Waals surface area contributed by atoms with Gasteiger partial charge in [-0.25, -0.2) is 4.79 Å². The maximum atomic E-state index is 12.6. The van der Waals surface area contributed by atoms with E-state index in [1.54, 1.807) is 16.8 Å². The number of carboxylic acid groups (broad SMARTS) is 1. The minimum absolute atomic E-state index is 0.0576. The highest BCUT2D eigenvalue weighted by atomic mass is 16.4. The van der Waals surface area contributed by atoms with E-state index in [1.165, 1.54) is 19.3 Å². The molecule has 0 aliphatic heterocycles. The van der Waals surface area contributed by atoms with E-state index in [4.69, 9.17) is 5.11 Å². The first kappa shape index (κ1) is 15.4. The zero-order valence-electron chi connectivity index (χ0n) is 12.4. The molecule has 1 aromatic carbocycles. The summed E-state index contributed by atoms with van der Waals surface area (Å²) in [5.41, 5.74) is 0.740. The quantitative estimate of drug-likeness (QED) is 0.876. The summed E-state index contributed by atoms with van der Waals surface area (Å²) >= 11 is 0. The van der Waals surface area contributed by atoms with Crippen LogP contribution in [0.5, 0.6) is 0 Å². The first-order valence-electron chi connectivity index (χ1n) is 7.37. The van der Waals surface area contributed by atoms with Crippen LogP contribution in [0.2, 0.25) is 0 Å². The Morgan fingerprint density at radius 3 is 2.43 bits per heavy atom. The van der Waals surface area contributed by atoms with Crippen LogP contribution in [-0.4, -0.2) is 42.1 Å². The van der Waals surface area contributed by atoms with Crippen LogP contribution < -0.4 is 4.90 Å². The van der Waals surface area contributed by atoms with Gasteiger partial charge in [-0.3, -0.25) is 9.69 Å². The lowest BCUT2D eigenvalue weighted by Crippen LogP contribution is -2.44. The van der Waals surface area contributed by atoms with Crippen molar-refractivity contribution in [2.45, 2.75) is 25.7 Å². The fourth-order valence-corrected chi connectivity index (χ4v) is 2.50. The number of hydrogen-bond donors (Lipinski definition) is 1. The number of benzene rings is 1. The van der Waals surface area contributed by atoms with Crippen molar-refractivity contribution >= 4 is 17.7 Å². The summed E-state index contributed by atoms with van der Waals surface area (Å²) in [7, 11) is 1.79. The number of hydrogen-bond acceptors (Lipinski definition) is 2. The van der Waals surface area contributed by atoms with Gasteiger partial charge in [-0.2, -0.15) is 0 Å². The van der Waals surface area contributed by atoms with Gasteiger partial charge in [-0.1, -0.05) is 24.6 Å². The van der Waals surface area contributed by atoms with Gasteiger partial charge in [0.15, 0.2) is 0 Å². The van der Waals surface area contributed by atoms with Crippen molar-refractivity contribution in [1.82, 2.24) is 4.90 Å². The summed E-state index contributed by atoms with van der Waals surface area (Å²) in [4.78, 5) is 26.7. The smallest absolute Gasteiger partial charge is 0.324 e. The average molecular weight is 290 g/mol. The maximum Gasteiger partial charge on any atom is 0.324 e. The maximum absolute atomic E-state index is 12.6. The molecule has 1 saturated carbocycles. The van der Waals surface area contributed by atoms with Crippen molar-refractivity contribution in [3.8, 4) is 0 Å². The Hall–Kier alpha value is -2.04. The molecule has 0 unspecified atom stereocenters. The second kappa shape index (κ2) is 7.11. The van der Waals surface area contributed by atoms with Gasteiger partial charge in [0.25, 0.3) is 0 Å². The minimum atomic E-state index is -0.898. The molecular weight excluding hydrogens is 268 g/mol. The third kappa shape index (κ3) is 4.21. The molecule has 2 amide bonds. The van der Waals surface area contributed by atoms with Gasteiger partial charge in [0.2, 0.25) is 0 Å². The molecule has 0 saturated heterocycles. The number of rotatable bonds is 6. The van der Waals surface area contributed by atoms with E-state index in [2.05, 4.69) is 0 Å². The Morgan fingerprint density at radius 1 is 1.24 bits per heavy atom. The summed E-state index contributed by atoms with van der Waals surface area (Å²) < 4.78 is 0. The van der Waals surface area contributed by atoms with Crippen LogP contribution in [0.4, 0.5) is 10.5 Å². The largest absolute Gasteiger partial charge is 0.481 e. The molecule has 5 heteroatoms. The van der Waals surface area contributed by atoms with Crippen molar-refractivity contribution in [1.29, 1.82) is 0 Å². The standard InChI is InChI=1S/C16H22N2O3/c1-17(12-13-6-5-7-13)16(21)18(11-10-15(19)20)14-8-3-2-4-9-14/h2-4,8-9,13H,5-7,10-12H2,1H3,(H,19,20). The molecule has 0 spiro atoms. The predicted octanol–water partition coefficient (Wildman–Crippen LogP) is 2.82. The highest BCUT2D eigenvalue weighted by Gasteiger charge is 2.25. The Labute approximate surface area is 125 Å². The number of anilines is 1. The Bertz CT molecular complexity index is 486. The highest BCUT2D eigenvalue weighted by Crippen LogP contribution is 2.27. The molecule has 1 aromatic rings. The Kier molecular flexibility index (Phi) is 5.20. The first-order chi connectivity index (χ1) is 10.1. The predicted molar refractivity (Wildman–Crippen MR) is 81.4 cm³/mol. The van der Waals surface area contributed by atoms with E-state index >= 15 is 0 Å². The molecule has 1 aliphatic carbocycles. The average Bonchev–Trinajstić information content (AvgIpc) is 2.43. The Morgan fingerprint density at radius 2 is 1.90 bits per heavy atom. The summed E-state index contributed by atoms with van der Waals surface area (Å²) in [5, 5.41) is 8.87. The van der Waals surface area contributed by atoms with Crippen molar-refractivity contribution in [3.63, 3.8) is 0 Å². The van der Waals surface area contributed by atoms with Crippen LogP contribution in [0.3, 0.4) is 0 Å². The molecular formula is C16H22N2O3. The lowest BCUT2D eigenvalue weighted by molar-refractivity contribution is -0.136. The molecule has 1 aliphatic rings. The second-order valence-electron chi connectivity index (χ2n) is 5.59. The van der Waals surface area contributed by atoms with E-state index in [9.17, 15) is 9.59 Å². The van der Waals surface area contributed by atoms with E-state index < -0.39 is 5.97 Å². The normalized spacial score (nSPS) is 14.3. The number of carboxylic acids is 1. The number of amides is 2. The molecule has 114 valence electrons. The zero-order chi connectivity index (χ0) is 15.2. The summed E-state index contributed by atoms with van der Waals surface area (Å²) in [6.07, 6.45) is 3.54. The van der Waals surface area contributed by atoms with Crippen LogP contribution in [0.15, 0.2) is 30.3 Å². The number of urea groups is 1. The van der Waals surface area contributed by atoms with Crippen molar-refractivity contribution in [2.24, 2.45) is 5.92 Å². The van der Waals surface area contributed by atoms with Gasteiger partial charge in [-0.15, -0.1) is 0 Å². The van der Waals surface area contributed by atoms with Crippen molar-refractivity contribution < 1.29 is 14.7 Å². The number of para-hydroxylation sites is 1. The highest BCUT2D eigenvalue weighted by molar-refractivity contribution is 5.92. The van der Waals surface area contributed by atoms with Crippen molar-refractivity contribution in [2.75, 3.05) is 25.0 Å². The third-order valence-electron chi connectivity index (χ3n) is 3.93. The molecule has 0 radical (unpaired) electrons. The van der Waals surface area contributed by atoms with Crippen LogP contribution in [0, 0.1) is 5.92 Å². The molecule has 0 aromatic heterocycles. The van der Waals surface area contributed by atoms with Gasteiger partial charge in [0.05, 0.1) is 6.42 Å². The van der Waals surface area contributed by atoms with Gasteiger partial charge in [-0.05, 0) is 30.9 Å². The van der Waals surface area contributed by atoms with E-state index in [0.717, 1.165) is 12.2 Å². The molecule has 21 heavy (non-hydrogen) atoms. The first-order valence-corrected chi connectivity index (χ1v) is 7.37. The summed E-state index contributed by atoms with van der Waals surface area (Å²) in [6.45, 7) is 0.933. The number of nitrogens with zero attached hydrogens (tertiary/aromatic N) is 2. The summed E-state index contributed by atoms with van der Waals surface area (Å²) in [5.74, 6) is -0.304. The molecule has 0 heterocycles. The van der Waals surface area contributed by atoms with Crippen LogP contribution in [-0.2, 0) is 4.79 Å². The van der Waals surface area contributed by atoms with Crippen molar-refractivity contribution in [3.05, 3.63) is 30.3 Å². The minimum Gasteiger partial charge on any atom is -0.481 e. The molecule has 0 atom stereocenters. The SMILES string of the molecule is CN(CC1CCC1)C(=O)N(CCC(=O)O)c1ccccc1. The van der Waals surface area contributed by atoms with E-state index in [0.29, 0.717) is 5.92 Å². The van der Waals surface area contributed by atoms with E-state index in [-0.39, 0.29) is 19.0 Å². The molecule has 2 rings (SSSR count). The zero-order valence-corrected chi connectivity index (χ0v) is 12.4. The fraction of sp³-hybridized carbons (Fsp3) is 0.500. The lowest BCUT2D eigenvalue weighted by Gasteiger charge is -2.33. The fourth-order valence-electron chi connectivity index (χ4n) is 2.50. The van der Waals surface area contributed by atoms with Gasteiger partial charge in [0, 0.05) is 25.8 Å². The number of carbonyl (C=O) groups is 2. The molecule has 1 fully saturated rings. The number of aliphatic carboxylic acids is 1. The number of carbonyl (C=O) groups excluding carboxylic acids is 1. The van der Waals surface area contributed by atoms with Crippen LogP contribution in [0.25, 0.3) is 0 Å². The van der Waals surface area contributed by atoms with Gasteiger partial charge < -0.3 is 10.0 Å². The third-order valence-corrected chi connectivity index (χ3v) is 3.93. The summed E-state index contributed by atoms with van der Waals surface area (Å²) in [6, 6.07) is 9.11. The molecule has 5 nitrogen and oxygen atoms in total.